The van der Waals surface area contributed by atoms with E-state index < -0.39 is 0 Å². The molecule has 1 N–H and O–H groups in total. The van der Waals surface area contributed by atoms with Crippen LogP contribution in [0.4, 0.5) is 5.69 Å². The zero-order valence-corrected chi connectivity index (χ0v) is 14.2. The van der Waals surface area contributed by atoms with Crippen LogP contribution in [-0.2, 0) is 22.4 Å². The van der Waals surface area contributed by atoms with E-state index in [4.69, 9.17) is 5.11 Å². The zero-order valence-electron chi connectivity index (χ0n) is 11.3. The van der Waals surface area contributed by atoms with Crippen LogP contribution in [0.5, 0.6) is 0 Å². The fourth-order valence-electron chi connectivity index (χ4n) is 2.35. The maximum absolute atomic E-state index is 8.91. The van der Waals surface area contributed by atoms with Crippen LogP contribution in [0.25, 0.3) is 0 Å². The number of aliphatic hydroxyl groups excluding tert-OH is 1. The van der Waals surface area contributed by atoms with E-state index in [-0.39, 0.29) is 42.8 Å². The summed E-state index contributed by atoms with van der Waals surface area (Å²) in [6.45, 7) is 9.20. The summed E-state index contributed by atoms with van der Waals surface area (Å²) >= 11 is 0. The molecule has 19 heavy (non-hydrogen) atoms. The van der Waals surface area contributed by atoms with Gasteiger partial charge in [-0.3, -0.25) is 0 Å². The molecule has 0 aromatic heterocycles. The smallest absolute Gasteiger partial charge is 1.00 e. The van der Waals surface area contributed by atoms with Crippen molar-refractivity contribution in [1.29, 1.82) is 0 Å². The Labute approximate surface area is 138 Å². The second-order valence-corrected chi connectivity index (χ2v) is 4.53. The first kappa shape index (κ1) is 18.6. The van der Waals surface area contributed by atoms with Crippen molar-refractivity contribution in [3.63, 3.8) is 0 Å². The average molecular weight is 466 g/mol. The second-order valence-electron chi connectivity index (χ2n) is 4.53. The van der Waals surface area contributed by atoms with Gasteiger partial charge in [0.15, 0.2) is 0 Å². The SMILES string of the molecule is Cc1cc(C)c(N2[CH]N(CCO)C=C2)c(C)c1.[Au+].[Cl-].[HH]. The number of anilines is 1. The molecule has 0 spiro atoms. The molecular formula is C14H21AuClN2O. The van der Waals surface area contributed by atoms with E-state index in [1.165, 1.54) is 22.4 Å². The third-order valence-corrected chi connectivity index (χ3v) is 2.94. The van der Waals surface area contributed by atoms with E-state index in [0.717, 1.165) is 0 Å². The topological polar surface area (TPSA) is 26.7 Å². The summed E-state index contributed by atoms with van der Waals surface area (Å²) in [4.78, 5) is 4.10. The molecule has 1 aromatic rings. The van der Waals surface area contributed by atoms with Gasteiger partial charge in [0.05, 0.1) is 6.61 Å². The molecule has 5 heteroatoms. The van der Waals surface area contributed by atoms with Gasteiger partial charge >= 0.3 is 22.4 Å². The third kappa shape index (κ3) is 4.26. The van der Waals surface area contributed by atoms with Crippen LogP contribution in [-0.4, -0.2) is 23.2 Å². The molecule has 0 fully saturated rings. The number of β-amino-alcohol motifs (C(OH)–C–C–N with tert-alkyl or cyclic N) is 1. The Morgan fingerprint density at radius 3 is 2.21 bits per heavy atom. The van der Waals surface area contributed by atoms with E-state index in [1.54, 1.807) is 0 Å². The van der Waals surface area contributed by atoms with Gasteiger partial charge in [-0.25, -0.2) is 0 Å². The molecule has 1 radical (unpaired) electrons. The van der Waals surface area contributed by atoms with Gasteiger partial charge in [-0.05, 0) is 31.9 Å². The van der Waals surface area contributed by atoms with Crippen molar-refractivity contribution in [2.24, 2.45) is 0 Å². The van der Waals surface area contributed by atoms with Crippen LogP contribution >= 0.6 is 0 Å². The maximum Gasteiger partial charge on any atom is 1.00 e. The fourth-order valence-corrected chi connectivity index (χ4v) is 2.35. The molecule has 3 nitrogen and oxygen atoms in total. The maximum atomic E-state index is 8.91. The Morgan fingerprint density at radius 1 is 1.11 bits per heavy atom. The van der Waals surface area contributed by atoms with E-state index in [2.05, 4.69) is 37.8 Å². The van der Waals surface area contributed by atoms with Crippen molar-refractivity contribution >= 4 is 5.69 Å². The van der Waals surface area contributed by atoms with Crippen molar-refractivity contribution in [3.8, 4) is 0 Å². The van der Waals surface area contributed by atoms with E-state index in [0.29, 0.717) is 6.54 Å². The molecular weight excluding hydrogens is 445 g/mol. The first-order valence-electron chi connectivity index (χ1n) is 5.88. The molecule has 2 rings (SSSR count). The molecule has 1 heterocycles. The summed E-state index contributed by atoms with van der Waals surface area (Å²) in [6.07, 6.45) is 4.01. The van der Waals surface area contributed by atoms with Gasteiger partial charge in [-0.15, -0.1) is 0 Å². The molecule has 111 valence electrons. The van der Waals surface area contributed by atoms with Crippen molar-refractivity contribution < 1.29 is 41.3 Å². The van der Waals surface area contributed by atoms with Crippen molar-refractivity contribution in [2.75, 3.05) is 18.1 Å². The fraction of sp³-hybridized carbons (Fsp3) is 0.357. The Kier molecular flexibility index (Phi) is 7.79. The summed E-state index contributed by atoms with van der Waals surface area (Å²) in [5.74, 6) is 0. The van der Waals surface area contributed by atoms with Crippen molar-refractivity contribution in [1.82, 2.24) is 4.90 Å². The molecule has 1 aliphatic rings. The number of aryl methyl sites for hydroxylation is 3. The molecule has 0 unspecified atom stereocenters. The van der Waals surface area contributed by atoms with Crippen LogP contribution in [0.1, 0.15) is 18.1 Å². The monoisotopic (exact) mass is 465 g/mol. The van der Waals surface area contributed by atoms with Gasteiger partial charge in [0.2, 0.25) is 0 Å². The van der Waals surface area contributed by atoms with Gasteiger partial charge in [0.25, 0.3) is 0 Å². The van der Waals surface area contributed by atoms with E-state index in [9.17, 15) is 0 Å². The first-order chi connectivity index (χ1) is 8.11. The first-order valence-corrected chi connectivity index (χ1v) is 5.88. The molecule has 1 aromatic carbocycles. The van der Waals surface area contributed by atoms with E-state index in [1.807, 2.05) is 24.0 Å². The number of nitrogens with zero attached hydrogens (tertiary/aromatic N) is 2. The van der Waals surface area contributed by atoms with Crippen molar-refractivity contribution in [2.45, 2.75) is 20.8 Å². The quantitative estimate of drug-likeness (QED) is 0.614. The molecule has 1 aliphatic heterocycles. The standard InChI is InChI=1S/C14H19N2O.Au.ClH.H2/c1-11-8-12(2)14(13(3)9-11)16-5-4-15(10-16)6-7-17;;;/h4-5,8-10,17H,6-7H2,1-3H3;;2*1H/q;+1;;/p-1. The van der Waals surface area contributed by atoms with Gasteiger partial charge in [-0.2, -0.15) is 0 Å². The normalized spacial score (nSPS) is 13.3. The van der Waals surface area contributed by atoms with Gasteiger partial charge in [0, 0.05) is 26.1 Å². The Balaban J connectivity index is 0. The molecule has 0 aliphatic carbocycles. The Morgan fingerprint density at radius 2 is 1.68 bits per heavy atom. The van der Waals surface area contributed by atoms with Gasteiger partial charge < -0.3 is 27.3 Å². The molecule has 0 amide bonds. The van der Waals surface area contributed by atoms with Crippen LogP contribution in [0, 0.1) is 27.4 Å². The summed E-state index contributed by atoms with van der Waals surface area (Å²) in [5.41, 5.74) is 5.06. The predicted octanol–water partition coefficient (Wildman–Crippen LogP) is -0.436. The number of hydrogen-bond donors (Lipinski definition) is 1. The minimum absolute atomic E-state index is 0. The Hall–Kier alpha value is -0.450. The van der Waals surface area contributed by atoms with Gasteiger partial charge in [0.1, 0.15) is 6.67 Å². The molecule has 0 bridgehead atoms. The van der Waals surface area contributed by atoms with Crippen LogP contribution in [0.3, 0.4) is 0 Å². The summed E-state index contributed by atoms with van der Waals surface area (Å²) in [7, 11) is 0. The van der Waals surface area contributed by atoms with Crippen molar-refractivity contribution in [3.05, 3.63) is 47.9 Å². The largest absolute Gasteiger partial charge is 1.00 e. The van der Waals surface area contributed by atoms with Crippen LogP contribution in [0.15, 0.2) is 24.5 Å². The average Bonchev–Trinajstić information content (AvgIpc) is 2.65. The summed E-state index contributed by atoms with van der Waals surface area (Å²) in [5, 5.41) is 8.91. The summed E-state index contributed by atoms with van der Waals surface area (Å²) < 4.78 is 0. The number of benzene rings is 1. The van der Waals surface area contributed by atoms with Gasteiger partial charge in [-0.1, -0.05) is 17.7 Å². The third-order valence-electron chi connectivity index (χ3n) is 2.94. The minimum atomic E-state index is 0. The minimum Gasteiger partial charge on any atom is -1.00 e. The summed E-state index contributed by atoms with van der Waals surface area (Å²) in [6, 6.07) is 4.39. The zero-order chi connectivity index (χ0) is 12.4. The number of rotatable bonds is 3. The molecule has 0 saturated carbocycles. The second kappa shape index (κ2) is 7.98. The predicted molar refractivity (Wildman–Crippen MR) is 72.5 cm³/mol. The Bertz CT molecular complexity index is 434. The van der Waals surface area contributed by atoms with Crippen LogP contribution in [0.2, 0.25) is 0 Å². The van der Waals surface area contributed by atoms with E-state index >= 15 is 0 Å². The molecule has 0 atom stereocenters. The number of hydrogen-bond acceptors (Lipinski definition) is 3. The molecule has 0 saturated heterocycles. The number of aliphatic hydroxyl groups is 1. The van der Waals surface area contributed by atoms with Crippen LogP contribution < -0.4 is 17.3 Å². The number of halogens is 1.